The van der Waals surface area contributed by atoms with Crippen LogP contribution in [0.3, 0.4) is 0 Å². The Morgan fingerprint density at radius 1 is 1.30 bits per heavy atom. The van der Waals surface area contributed by atoms with E-state index in [1.54, 1.807) is 19.1 Å². The molecule has 0 spiro atoms. The molecular formula is C21H24F2N2O2. The SMILES string of the molecule is Cc1cc(-c2ccc(OC(C)(F)F)c(C)c2)nc(C(CNC=O)C2CC2)c1. The summed E-state index contributed by atoms with van der Waals surface area (Å²) in [5.74, 6) is 0.894. The molecule has 1 atom stereocenters. The monoisotopic (exact) mass is 374 g/mol. The van der Waals surface area contributed by atoms with Crippen molar-refractivity contribution in [2.45, 2.75) is 45.6 Å². The first kappa shape index (κ1) is 19.3. The molecule has 1 amide bonds. The van der Waals surface area contributed by atoms with Crippen molar-refractivity contribution in [3.05, 3.63) is 47.2 Å². The Labute approximate surface area is 158 Å². The van der Waals surface area contributed by atoms with Gasteiger partial charge in [0.1, 0.15) is 5.75 Å². The number of pyridine rings is 1. The molecule has 1 aliphatic rings. The minimum atomic E-state index is -3.22. The summed E-state index contributed by atoms with van der Waals surface area (Å²) in [6.07, 6.45) is -0.207. The zero-order valence-electron chi connectivity index (χ0n) is 15.8. The highest BCUT2D eigenvalue weighted by Gasteiger charge is 2.33. The highest BCUT2D eigenvalue weighted by molar-refractivity contribution is 5.63. The van der Waals surface area contributed by atoms with Crippen LogP contribution in [0.4, 0.5) is 8.78 Å². The maximum Gasteiger partial charge on any atom is 0.394 e. The van der Waals surface area contributed by atoms with Crippen LogP contribution in [-0.2, 0) is 4.79 Å². The molecular weight excluding hydrogens is 350 g/mol. The van der Waals surface area contributed by atoms with Crippen molar-refractivity contribution >= 4 is 6.41 Å². The molecule has 27 heavy (non-hydrogen) atoms. The molecule has 0 radical (unpaired) electrons. The van der Waals surface area contributed by atoms with Crippen LogP contribution >= 0.6 is 0 Å². The van der Waals surface area contributed by atoms with Crippen LogP contribution in [-0.4, -0.2) is 24.0 Å². The molecule has 1 heterocycles. The first-order valence-corrected chi connectivity index (χ1v) is 9.10. The molecule has 1 unspecified atom stereocenters. The van der Waals surface area contributed by atoms with Gasteiger partial charge in [0, 0.05) is 30.6 Å². The van der Waals surface area contributed by atoms with E-state index in [0.717, 1.165) is 48.7 Å². The number of hydrogen-bond acceptors (Lipinski definition) is 3. The number of benzene rings is 1. The largest absolute Gasteiger partial charge is 0.433 e. The van der Waals surface area contributed by atoms with E-state index >= 15 is 0 Å². The minimum absolute atomic E-state index is 0.158. The summed E-state index contributed by atoms with van der Waals surface area (Å²) in [5, 5.41) is 2.78. The Hall–Kier alpha value is -2.50. The van der Waals surface area contributed by atoms with Crippen LogP contribution < -0.4 is 10.1 Å². The molecule has 4 nitrogen and oxygen atoms in total. The van der Waals surface area contributed by atoms with Gasteiger partial charge in [-0.05, 0) is 74.1 Å². The maximum atomic E-state index is 13.1. The zero-order chi connectivity index (χ0) is 19.6. The lowest BCUT2D eigenvalue weighted by atomic mass is 9.96. The summed E-state index contributed by atoms with van der Waals surface area (Å²) in [4.78, 5) is 15.5. The highest BCUT2D eigenvalue weighted by Crippen LogP contribution is 2.42. The van der Waals surface area contributed by atoms with Gasteiger partial charge in [0.2, 0.25) is 6.41 Å². The molecule has 1 aromatic carbocycles. The fraction of sp³-hybridized carbons (Fsp3) is 0.429. The molecule has 0 saturated heterocycles. The molecule has 2 aromatic rings. The van der Waals surface area contributed by atoms with Crippen LogP contribution in [0.5, 0.6) is 5.75 Å². The number of ether oxygens (including phenoxy) is 1. The van der Waals surface area contributed by atoms with Crippen LogP contribution in [0.15, 0.2) is 30.3 Å². The summed E-state index contributed by atoms with van der Waals surface area (Å²) in [5.41, 5.74) is 4.30. The van der Waals surface area contributed by atoms with Gasteiger partial charge >= 0.3 is 6.11 Å². The van der Waals surface area contributed by atoms with E-state index in [4.69, 9.17) is 9.72 Å². The topological polar surface area (TPSA) is 51.2 Å². The molecule has 3 rings (SSSR count). The van der Waals surface area contributed by atoms with E-state index in [1.165, 1.54) is 0 Å². The van der Waals surface area contributed by atoms with Gasteiger partial charge in [-0.25, -0.2) is 0 Å². The Kier molecular flexibility index (Phi) is 5.44. The number of carbonyl (C=O) groups excluding carboxylic acids is 1. The molecule has 144 valence electrons. The van der Waals surface area contributed by atoms with Crippen molar-refractivity contribution in [3.8, 4) is 17.0 Å². The van der Waals surface area contributed by atoms with Gasteiger partial charge < -0.3 is 10.1 Å². The number of aromatic nitrogens is 1. The minimum Gasteiger partial charge on any atom is -0.433 e. The van der Waals surface area contributed by atoms with E-state index in [-0.39, 0.29) is 11.7 Å². The summed E-state index contributed by atoms with van der Waals surface area (Å²) >= 11 is 0. The molecule has 0 aliphatic heterocycles. The predicted octanol–water partition coefficient (Wildman–Crippen LogP) is 4.60. The van der Waals surface area contributed by atoms with Crippen molar-refractivity contribution in [1.29, 1.82) is 0 Å². The van der Waals surface area contributed by atoms with Gasteiger partial charge in [-0.3, -0.25) is 9.78 Å². The number of rotatable bonds is 8. The lowest BCUT2D eigenvalue weighted by Crippen LogP contribution is -2.22. The van der Waals surface area contributed by atoms with E-state index in [9.17, 15) is 13.6 Å². The molecule has 1 aliphatic carbocycles. The average Bonchev–Trinajstić information content (AvgIpc) is 3.40. The van der Waals surface area contributed by atoms with Gasteiger partial charge in [0.05, 0.1) is 5.69 Å². The fourth-order valence-corrected chi connectivity index (χ4v) is 3.33. The smallest absolute Gasteiger partial charge is 0.394 e. The number of alkyl halides is 2. The summed E-state index contributed by atoms with van der Waals surface area (Å²) in [6.45, 7) is 5.04. The van der Waals surface area contributed by atoms with E-state index in [2.05, 4.69) is 11.4 Å². The number of aryl methyl sites for hydroxylation is 2. The first-order valence-electron chi connectivity index (χ1n) is 9.10. The third kappa shape index (κ3) is 5.02. The molecule has 1 saturated carbocycles. The number of carbonyl (C=O) groups is 1. The second-order valence-corrected chi connectivity index (χ2v) is 7.31. The Morgan fingerprint density at radius 3 is 2.63 bits per heavy atom. The van der Waals surface area contributed by atoms with Crippen molar-refractivity contribution < 1.29 is 18.3 Å². The molecule has 1 N–H and O–H groups in total. The van der Waals surface area contributed by atoms with Crippen LogP contribution in [0, 0.1) is 19.8 Å². The first-order chi connectivity index (χ1) is 12.8. The van der Waals surface area contributed by atoms with Crippen LogP contribution in [0.2, 0.25) is 0 Å². The van der Waals surface area contributed by atoms with E-state index < -0.39 is 6.11 Å². The lowest BCUT2D eigenvalue weighted by Gasteiger charge is -2.18. The van der Waals surface area contributed by atoms with Gasteiger partial charge in [0.25, 0.3) is 0 Å². The van der Waals surface area contributed by atoms with E-state index in [1.807, 2.05) is 19.1 Å². The van der Waals surface area contributed by atoms with Gasteiger partial charge in [-0.1, -0.05) is 0 Å². The zero-order valence-corrected chi connectivity index (χ0v) is 15.8. The Bertz CT molecular complexity index is 829. The maximum absolute atomic E-state index is 13.1. The van der Waals surface area contributed by atoms with Crippen molar-refractivity contribution in [2.75, 3.05) is 6.54 Å². The Morgan fingerprint density at radius 2 is 2.04 bits per heavy atom. The third-order valence-electron chi connectivity index (χ3n) is 4.74. The van der Waals surface area contributed by atoms with E-state index in [0.29, 0.717) is 18.0 Å². The summed E-state index contributed by atoms with van der Waals surface area (Å²) in [7, 11) is 0. The van der Waals surface area contributed by atoms with Crippen LogP contribution in [0.25, 0.3) is 11.3 Å². The van der Waals surface area contributed by atoms with Gasteiger partial charge in [0.15, 0.2) is 0 Å². The number of nitrogens with one attached hydrogen (secondary N) is 1. The van der Waals surface area contributed by atoms with Crippen molar-refractivity contribution in [1.82, 2.24) is 10.3 Å². The molecule has 1 fully saturated rings. The standard InChI is InChI=1S/C21H24F2N2O2/c1-13-8-18(16-6-7-20(14(2)10-16)27-21(3,22)23)25-19(9-13)17(11-24-12-26)15-4-5-15/h6-10,12,15,17H,4-5,11H2,1-3H3,(H,24,26). The predicted molar refractivity (Wildman–Crippen MR) is 99.9 cm³/mol. The second-order valence-electron chi connectivity index (χ2n) is 7.31. The van der Waals surface area contributed by atoms with Crippen LogP contribution in [0.1, 0.15) is 42.5 Å². The molecule has 6 heteroatoms. The second kappa shape index (κ2) is 7.62. The molecule has 1 aromatic heterocycles. The third-order valence-corrected chi connectivity index (χ3v) is 4.74. The highest BCUT2D eigenvalue weighted by atomic mass is 19.3. The van der Waals surface area contributed by atoms with Crippen molar-refractivity contribution in [3.63, 3.8) is 0 Å². The Balaban J connectivity index is 1.91. The van der Waals surface area contributed by atoms with Gasteiger partial charge in [-0.15, -0.1) is 0 Å². The van der Waals surface area contributed by atoms with Gasteiger partial charge in [-0.2, -0.15) is 8.78 Å². The number of nitrogens with zero attached hydrogens (tertiary/aromatic N) is 1. The quantitative estimate of drug-likeness (QED) is 0.687. The fourth-order valence-electron chi connectivity index (χ4n) is 3.33. The normalized spacial score (nSPS) is 15.3. The lowest BCUT2D eigenvalue weighted by molar-refractivity contribution is -0.159. The average molecular weight is 374 g/mol. The summed E-state index contributed by atoms with van der Waals surface area (Å²) in [6, 6.07) is 9.14. The summed E-state index contributed by atoms with van der Waals surface area (Å²) < 4.78 is 30.9. The number of hydrogen-bond donors (Lipinski definition) is 1. The number of halogens is 2. The number of amides is 1. The van der Waals surface area contributed by atoms with Crippen molar-refractivity contribution in [2.24, 2.45) is 5.92 Å². The molecule has 0 bridgehead atoms.